The highest BCUT2D eigenvalue weighted by Gasteiger charge is 2.17. The predicted octanol–water partition coefficient (Wildman–Crippen LogP) is 3.11. The molecule has 0 saturated carbocycles. The summed E-state index contributed by atoms with van der Waals surface area (Å²) < 4.78 is 16.7. The number of thiocarbonyl (C=S) groups is 1. The summed E-state index contributed by atoms with van der Waals surface area (Å²) in [7, 11) is 0. The van der Waals surface area contributed by atoms with E-state index < -0.39 is 0 Å². The molecule has 0 unspecified atom stereocenters. The largest absolute Gasteiger partial charge is 0.486 e. The van der Waals surface area contributed by atoms with Crippen molar-refractivity contribution in [1.82, 2.24) is 20.1 Å². The molecule has 3 aromatic rings. The molecule has 0 bridgehead atoms. The van der Waals surface area contributed by atoms with Gasteiger partial charge >= 0.3 is 0 Å². The topological polar surface area (TPSA) is 83.0 Å². The first-order valence-corrected chi connectivity index (χ1v) is 11.7. The lowest BCUT2D eigenvalue weighted by molar-refractivity contribution is 0.172. The van der Waals surface area contributed by atoms with Crippen LogP contribution >= 0.6 is 12.2 Å². The molecule has 0 spiro atoms. The third kappa shape index (κ3) is 5.66. The Bertz CT molecular complexity index is 1140. The summed E-state index contributed by atoms with van der Waals surface area (Å²) in [6.07, 6.45) is 1.64. The number of benzene rings is 1. The molecule has 2 N–H and O–H groups in total. The minimum absolute atomic E-state index is 0.138. The Labute approximate surface area is 198 Å². The number of ether oxygens (including phenoxy) is 2. The Morgan fingerprint density at radius 2 is 1.88 bits per heavy atom. The highest BCUT2D eigenvalue weighted by Crippen LogP contribution is 2.33. The Morgan fingerprint density at radius 3 is 2.58 bits per heavy atom. The van der Waals surface area contributed by atoms with Crippen molar-refractivity contribution in [3.05, 3.63) is 58.3 Å². The molecule has 9 heteroatoms. The molecule has 2 aromatic heterocycles. The number of nitrogens with zero attached hydrogens (tertiary/aromatic N) is 2. The molecule has 0 fully saturated rings. The fourth-order valence-corrected chi connectivity index (χ4v) is 4.08. The highest BCUT2D eigenvalue weighted by atomic mass is 32.1. The maximum atomic E-state index is 12.9. The van der Waals surface area contributed by atoms with Crippen LogP contribution in [0.25, 0.3) is 10.9 Å². The first-order chi connectivity index (χ1) is 16.1. The van der Waals surface area contributed by atoms with Crippen LogP contribution < -0.4 is 20.3 Å². The number of H-pyrrole nitrogens is 1. The average molecular weight is 471 g/mol. The Morgan fingerprint density at radius 1 is 1.12 bits per heavy atom. The van der Waals surface area contributed by atoms with Crippen LogP contribution in [0, 0.1) is 0 Å². The lowest BCUT2D eigenvalue weighted by Gasteiger charge is -2.28. The number of rotatable bonds is 9. The number of furan rings is 1. The summed E-state index contributed by atoms with van der Waals surface area (Å²) in [6, 6.07) is 9.39. The summed E-state index contributed by atoms with van der Waals surface area (Å²) in [5.41, 5.74) is 1.22. The zero-order chi connectivity index (χ0) is 23.2. The number of hydrogen-bond acceptors (Lipinski definition) is 6. The molecule has 8 nitrogen and oxygen atoms in total. The number of aromatic nitrogens is 1. The van der Waals surface area contributed by atoms with Crippen LogP contribution in [0.5, 0.6) is 11.5 Å². The number of likely N-dealkylation sites (N-methyl/N-ethyl adjacent to an activating group) is 1. The third-order valence-electron chi connectivity index (χ3n) is 5.81. The van der Waals surface area contributed by atoms with Crippen molar-refractivity contribution in [3.8, 4) is 11.5 Å². The minimum atomic E-state index is -0.138. The van der Waals surface area contributed by atoms with Gasteiger partial charge in [0.25, 0.3) is 5.56 Å². The van der Waals surface area contributed by atoms with Crippen LogP contribution in [-0.4, -0.2) is 59.3 Å². The molecule has 3 heterocycles. The van der Waals surface area contributed by atoms with Crippen molar-refractivity contribution in [1.29, 1.82) is 0 Å². The number of aromatic amines is 1. The summed E-state index contributed by atoms with van der Waals surface area (Å²) in [5.74, 6) is 2.15. The number of pyridine rings is 1. The number of hydrogen-bond donors (Lipinski definition) is 2. The summed E-state index contributed by atoms with van der Waals surface area (Å²) in [6.45, 7) is 9.65. The van der Waals surface area contributed by atoms with Crippen molar-refractivity contribution in [2.24, 2.45) is 0 Å². The van der Waals surface area contributed by atoms with E-state index in [4.69, 9.17) is 26.1 Å². The monoisotopic (exact) mass is 470 g/mol. The quantitative estimate of drug-likeness (QED) is 0.462. The van der Waals surface area contributed by atoms with Gasteiger partial charge in [-0.25, -0.2) is 0 Å². The third-order valence-corrected chi connectivity index (χ3v) is 6.21. The van der Waals surface area contributed by atoms with Crippen molar-refractivity contribution in [2.75, 3.05) is 39.4 Å². The van der Waals surface area contributed by atoms with Crippen molar-refractivity contribution >= 4 is 28.2 Å². The number of fused-ring (bicyclic) bond motifs is 2. The Kier molecular flexibility index (Phi) is 7.51. The standard InChI is InChI=1S/C24H30N4O4S/c1-3-27(4-2)7-8-28(24(33)25-15-19-6-5-9-30-19)16-18-12-17-13-21-22(32-11-10-31-21)14-20(17)26-23(18)29/h5-6,9,12-14H,3-4,7-8,10-11,15-16H2,1-2H3,(H,25,33)(H,26,29). The van der Waals surface area contributed by atoms with E-state index in [0.717, 1.165) is 36.3 Å². The fraction of sp³-hybridized carbons (Fsp3) is 0.417. The van der Waals surface area contributed by atoms with E-state index in [-0.39, 0.29) is 5.56 Å². The van der Waals surface area contributed by atoms with E-state index in [1.165, 1.54) is 0 Å². The maximum absolute atomic E-state index is 12.9. The van der Waals surface area contributed by atoms with Crippen molar-refractivity contribution < 1.29 is 13.9 Å². The lowest BCUT2D eigenvalue weighted by Crippen LogP contribution is -2.44. The summed E-state index contributed by atoms with van der Waals surface area (Å²) in [5, 5.41) is 4.74. The maximum Gasteiger partial charge on any atom is 0.253 e. The van der Waals surface area contributed by atoms with Gasteiger partial charge in [-0.15, -0.1) is 0 Å². The molecule has 33 heavy (non-hydrogen) atoms. The average Bonchev–Trinajstić information content (AvgIpc) is 3.35. The van der Waals surface area contributed by atoms with Gasteiger partial charge in [-0.3, -0.25) is 4.79 Å². The van der Waals surface area contributed by atoms with Crippen LogP contribution in [0.1, 0.15) is 25.2 Å². The molecule has 0 saturated heterocycles. The molecule has 0 amide bonds. The Hall–Kier alpha value is -3.04. The van der Waals surface area contributed by atoms with Crippen LogP contribution in [0.4, 0.5) is 0 Å². The van der Waals surface area contributed by atoms with Crippen LogP contribution in [0.2, 0.25) is 0 Å². The van der Waals surface area contributed by atoms with Gasteiger partial charge in [0.05, 0.1) is 24.9 Å². The molecule has 0 aliphatic carbocycles. The minimum Gasteiger partial charge on any atom is -0.486 e. The van der Waals surface area contributed by atoms with Crippen LogP contribution in [-0.2, 0) is 13.1 Å². The normalized spacial score (nSPS) is 12.8. The van der Waals surface area contributed by atoms with E-state index in [0.29, 0.717) is 55.0 Å². The smallest absolute Gasteiger partial charge is 0.253 e. The van der Waals surface area contributed by atoms with Gasteiger partial charge in [0.1, 0.15) is 19.0 Å². The van der Waals surface area contributed by atoms with E-state index >= 15 is 0 Å². The van der Waals surface area contributed by atoms with Gasteiger partial charge in [0.2, 0.25) is 0 Å². The highest BCUT2D eigenvalue weighted by molar-refractivity contribution is 7.80. The molecule has 1 aromatic carbocycles. The molecule has 0 atom stereocenters. The summed E-state index contributed by atoms with van der Waals surface area (Å²) >= 11 is 5.70. The molecule has 1 aliphatic rings. The van der Waals surface area contributed by atoms with Gasteiger partial charge in [0, 0.05) is 30.1 Å². The zero-order valence-electron chi connectivity index (χ0n) is 19.1. The van der Waals surface area contributed by atoms with Gasteiger partial charge in [-0.05, 0) is 49.6 Å². The molecule has 176 valence electrons. The van der Waals surface area contributed by atoms with Crippen molar-refractivity contribution in [2.45, 2.75) is 26.9 Å². The predicted molar refractivity (Wildman–Crippen MR) is 132 cm³/mol. The van der Waals surface area contributed by atoms with Crippen LogP contribution in [0.3, 0.4) is 0 Å². The van der Waals surface area contributed by atoms with Gasteiger partial charge < -0.3 is 34.0 Å². The summed E-state index contributed by atoms with van der Waals surface area (Å²) in [4.78, 5) is 20.3. The molecular formula is C24H30N4O4S. The van der Waals surface area contributed by atoms with Crippen molar-refractivity contribution in [3.63, 3.8) is 0 Å². The molecule has 1 aliphatic heterocycles. The SMILES string of the molecule is CCN(CC)CCN(Cc1cc2cc3c(cc2[nH]c1=O)OCCO3)C(=S)NCc1ccco1. The number of nitrogens with one attached hydrogen (secondary N) is 2. The molecular weight excluding hydrogens is 440 g/mol. The first-order valence-electron chi connectivity index (χ1n) is 11.3. The van der Waals surface area contributed by atoms with Crippen LogP contribution in [0.15, 0.2) is 45.8 Å². The van der Waals surface area contributed by atoms with E-state index in [2.05, 4.69) is 29.0 Å². The second-order valence-corrected chi connectivity index (χ2v) is 8.28. The Balaban J connectivity index is 1.55. The second-order valence-electron chi connectivity index (χ2n) is 7.89. The molecule has 0 radical (unpaired) electrons. The molecule has 4 rings (SSSR count). The van der Waals surface area contributed by atoms with E-state index in [1.54, 1.807) is 6.26 Å². The first kappa shape index (κ1) is 23.1. The van der Waals surface area contributed by atoms with Gasteiger partial charge in [0.15, 0.2) is 16.6 Å². The van der Waals surface area contributed by atoms with E-state index in [9.17, 15) is 4.79 Å². The van der Waals surface area contributed by atoms with E-state index in [1.807, 2.05) is 35.2 Å². The van der Waals surface area contributed by atoms with Gasteiger partial charge in [-0.1, -0.05) is 13.8 Å². The zero-order valence-corrected chi connectivity index (χ0v) is 19.9. The second kappa shape index (κ2) is 10.7. The lowest BCUT2D eigenvalue weighted by atomic mass is 10.1. The van der Waals surface area contributed by atoms with Gasteiger partial charge in [-0.2, -0.15) is 0 Å². The fourth-order valence-electron chi connectivity index (χ4n) is 3.85.